The molecule has 0 aliphatic heterocycles. The molecule has 0 amide bonds. The van der Waals surface area contributed by atoms with Gasteiger partial charge in [-0.05, 0) is 40.0 Å². The number of aryl methyl sites for hydroxylation is 2. The maximum absolute atomic E-state index is 5.62. The van der Waals surface area contributed by atoms with Gasteiger partial charge in [-0.3, -0.25) is 0 Å². The van der Waals surface area contributed by atoms with Crippen LogP contribution in [0.2, 0.25) is 0 Å². The number of hydrogen-bond donors (Lipinski definition) is 0. The molecule has 0 unspecified atom stereocenters. The van der Waals surface area contributed by atoms with Gasteiger partial charge in [-0.25, -0.2) is 4.98 Å². The first-order valence-corrected chi connectivity index (χ1v) is 6.11. The number of fused-ring (bicyclic) bond motifs is 1. The van der Waals surface area contributed by atoms with Crippen molar-refractivity contribution in [2.75, 3.05) is 0 Å². The van der Waals surface area contributed by atoms with Gasteiger partial charge in [0.25, 0.3) is 0 Å². The molecule has 80 valence electrons. The van der Waals surface area contributed by atoms with E-state index in [2.05, 4.69) is 40.0 Å². The third-order valence-corrected chi connectivity index (χ3v) is 2.98. The molecule has 0 N–H and O–H groups in total. The molecule has 1 aromatic heterocycles. The summed E-state index contributed by atoms with van der Waals surface area (Å²) in [6, 6.07) is 4.24. The van der Waals surface area contributed by atoms with E-state index in [0.717, 1.165) is 40.7 Å². The third-order valence-electron chi connectivity index (χ3n) is 2.39. The highest BCUT2D eigenvalue weighted by molar-refractivity contribution is 9.10. The minimum atomic E-state index is 0.805. The van der Waals surface area contributed by atoms with Crippen LogP contribution in [0.15, 0.2) is 21.0 Å². The Morgan fingerprint density at radius 2 is 2.13 bits per heavy atom. The zero-order valence-electron chi connectivity index (χ0n) is 9.01. The molecule has 2 nitrogen and oxygen atoms in total. The summed E-state index contributed by atoms with van der Waals surface area (Å²) in [5.41, 5.74) is 3.14. The zero-order chi connectivity index (χ0) is 10.8. The van der Waals surface area contributed by atoms with Crippen LogP contribution in [0.4, 0.5) is 0 Å². The van der Waals surface area contributed by atoms with Gasteiger partial charge in [0.2, 0.25) is 0 Å². The Morgan fingerprint density at radius 3 is 2.80 bits per heavy atom. The van der Waals surface area contributed by atoms with Gasteiger partial charge in [0.1, 0.15) is 5.52 Å². The second kappa shape index (κ2) is 4.35. The third kappa shape index (κ3) is 2.07. The van der Waals surface area contributed by atoms with Gasteiger partial charge < -0.3 is 4.42 Å². The number of halogens is 1. The summed E-state index contributed by atoms with van der Waals surface area (Å²) in [6.07, 6.45) is 3.07. The van der Waals surface area contributed by atoms with Crippen molar-refractivity contribution in [1.29, 1.82) is 0 Å². The molecule has 1 heterocycles. The van der Waals surface area contributed by atoms with Crippen molar-refractivity contribution in [3.8, 4) is 0 Å². The average molecular weight is 268 g/mol. The van der Waals surface area contributed by atoms with Gasteiger partial charge in [-0.1, -0.05) is 20.3 Å². The summed E-state index contributed by atoms with van der Waals surface area (Å²) < 4.78 is 6.63. The highest BCUT2D eigenvalue weighted by Gasteiger charge is 2.09. The minimum absolute atomic E-state index is 0.805. The quantitative estimate of drug-likeness (QED) is 0.837. The molecule has 1 aromatic carbocycles. The Morgan fingerprint density at radius 1 is 1.33 bits per heavy atom. The molecule has 0 fully saturated rings. The lowest BCUT2D eigenvalue weighted by Gasteiger charge is -1.99. The maximum Gasteiger partial charge on any atom is 0.195 e. The zero-order valence-corrected chi connectivity index (χ0v) is 10.6. The van der Waals surface area contributed by atoms with Crippen molar-refractivity contribution in [2.45, 2.75) is 33.1 Å². The van der Waals surface area contributed by atoms with E-state index in [9.17, 15) is 0 Å². The van der Waals surface area contributed by atoms with Crippen LogP contribution in [0.5, 0.6) is 0 Å². The topological polar surface area (TPSA) is 26.0 Å². The van der Waals surface area contributed by atoms with Crippen molar-refractivity contribution < 1.29 is 4.42 Å². The molecule has 0 saturated carbocycles. The molecule has 15 heavy (non-hydrogen) atoms. The predicted molar refractivity (Wildman–Crippen MR) is 65.1 cm³/mol. The van der Waals surface area contributed by atoms with E-state index in [0.29, 0.717) is 0 Å². The largest absolute Gasteiger partial charge is 0.440 e. The van der Waals surface area contributed by atoms with Crippen molar-refractivity contribution in [3.05, 3.63) is 28.1 Å². The van der Waals surface area contributed by atoms with Gasteiger partial charge in [0, 0.05) is 6.42 Å². The monoisotopic (exact) mass is 267 g/mol. The fraction of sp³-hybridized carbons (Fsp3) is 0.417. The lowest BCUT2D eigenvalue weighted by Crippen LogP contribution is -1.83. The molecule has 0 aliphatic rings. The van der Waals surface area contributed by atoms with Crippen molar-refractivity contribution in [1.82, 2.24) is 4.98 Å². The van der Waals surface area contributed by atoms with Crippen molar-refractivity contribution in [2.24, 2.45) is 0 Å². The van der Waals surface area contributed by atoms with E-state index >= 15 is 0 Å². The molecule has 2 aromatic rings. The second-order valence-corrected chi connectivity index (χ2v) is 4.49. The van der Waals surface area contributed by atoms with Crippen LogP contribution in [0, 0.1) is 0 Å². The van der Waals surface area contributed by atoms with Gasteiger partial charge in [0.15, 0.2) is 11.5 Å². The van der Waals surface area contributed by atoms with Crippen molar-refractivity contribution >= 4 is 27.0 Å². The Hall–Kier alpha value is -0.830. The van der Waals surface area contributed by atoms with E-state index in [1.54, 1.807) is 0 Å². The summed E-state index contributed by atoms with van der Waals surface area (Å²) in [7, 11) is 0. The van der Waals surface area contributed by atoms with Crippen LogP contribution in [0.25, 0.3) is 11.1 Å². The van der Waals surface area contributed by atoms with Gasteiger partial charge in [-0.2, -0.15) is 0 Å². The Bertz CT molecular complexity index is 476. The molecule has 0 radical (unpaired) electrons. The summed E-state index contributed by atoms with van der Waals surface area (Å²) in [4.78, 5) is 4.44. The smallest absolute Gasteiger partial charge is 0.195 e. The van der Waals surface area contributed by atoms with Crippen LogP contribution < -0.4 is 0 Å². The second-order valence-electron chi connectivity index (χ2n) is 3.64. The number of benzene rings is 1. The predicted octanol–water partition coefficient (Wildman–Crippen LogP) is 4.11. The Labute approximate surface area is 97.8 Å². The number of aromatic nitrogens is 1. The Kier molecular flexibility index (Phi) is 3.10. The Balaban J connectivity index is 2.54. The molecule has 0 atom stereocenters. The van der Waals surface area contributed by atoms with Crippen molar-refractivity contribution in [3.63, 3.8) is 0 Å². The van der Waals surface area contributed by atoms with Crippen LogP contribution >= 0.6 is 15.9 Å². The van der Waals surface area contributed by atoms with Crippen LogP contribution in [0.1, 0.15) is 31.7 Å². The number of hydrogen-bond acceptors (Lipinski definition) is 2. The summed E-state index contributed by atoms with van der Waals surface area (Å²) >= 11 is 3.53. The van der Waals surface area contributed by atoms with Gasteiger partial charge in [0.05, 0.1) is 4.47 Å². The maximum atomic E-state index is 5.62. The number of oxazole rings is 1. The van der Waals surface area contributed by atoms with Crippen LogP contribution in [-0.2, 0) is 12.8 Å². The summed E-state index contributed by atoms with van der Waals surface area (Å²) in [5, 5.41) is 0. The van der Waals surface area contributed by atoms with E-state index in [1.165, 1.54) is 5.56 Å². The first-order chi connectivity index (χ1) is 7.24. The summed E-state index contributed by atoms with van der Waals surface area (Å²) in [6.45, 7) is 4.23. The molecule has 3 heteroatoms. The van der Waals surface area contributed by atoms with Crippen LogP contribution in [-0.4, -0.2) is 4.98 Å². The van der Waals surface area contributed by atoms with E-state index in [1.807, 2.05) is 6.92 Å². The fourth-order valence-electron chi connectivity index (χ4n) is 1.68. The molecule has 0 spiro atoms. The molecule has 0 saturated heterocycles. The standard InChI is InChI=1S/C12H14BrNO/c1-3-5-8-6-9(13)12-10(7-8)14-11(4-2)15-12/h6-7H,3-5H2,1-2H3. The fourth-order valence-corrected chi connectivity index (χ4v) is 2.25. The molecule has 0 aliphatic carbocycles. The first-order valence-electron chi connectivity index (χ1n) is 5.32. The highest BCUT2D eigenvalue weighted by atomic mass is 79.9. The SMILES string of the molecule is CCCc1cc(Br)c2oc(CC)nc2c1. The first kappa shape index (κ1) is 10.7. The molecule has 0 bridgehead atoms. The van der Waals surface area contributed by atoms with E-state index in [-0.39, 0.29) is 0 Å². The van der Waals surface area contributed by atoms with Crippen LogP contribution in [0.3, 0.4) is 0 Å². The average Bonchev–Trinajstić information content (AvgIpc) is 2.62. The number of nitrogens with zero attached hydrogens (tertiary/aromatic N) is 1. The summed E-state index contributed by atoms with van der Waals surface area (Å²) in [5.74, 6) is 0.805. The van der Waals surface area contributed by atoms with Gasteiger partial charge in [-0.15, -0.1) is 0 Å². The minimum Gasteiger partial charge on any atom is -0.440 e. The highest BCUT2D eigenvalue weighted by Crippen LogP contribution is 2.27. The lowest BCUT2D eigenvalue weighted by molar-refractivity contribution is 0.536. The molecule has 2 rings (SSSR count). The lowest BCUT2D eigenvalue weighted by atomic mass is 10.1. The molecular weight excluding hydrogens is 254 g/mol. The van der Waals surface area contributed by atoms with E-state index in [4.69, 9.17) is 4.42 Å². The van der Waals surface area contributed by atoms with Gasteiger partial charge >= 0.3 is 0 Å². The normalized spacial score (nSPS) is 11.1. The van der Waals surface area contributed by atoms with E-state index < -0.39 is 0 Å². The number of rotatable bonds is 3. The molecular formula is C12H14BrNO.